The third kappa shape index (κ3) is 2.86. The van der Waals surface area contributed by atoms with Crippen molar-refractivity contribution in [1.82, 2.24) is 4.98 Å². The van der Waals surface area contributed by atoms with Crippen molar-refractivity contribution in [3.8, 4) is 37.3 Å². The Balaban J connectivity index is 1.85. The largest absolute Gasteiger partial charge is 0.497 e. The van der Waals surface area contributed by atoms with Gasteiger partial charge in [0.2, 0.25) is 0 Å². The van der Waals surface area contributed by atoms with Crippen LogP contribution in [-0.4, -0.2) is 12.1 Å². The maximum absolute atomic E-state index is 5.25. The van der Waals surface area contributed by atoms with Crippen LogP contribution in [0.25, 0.3) is 31.6 Å². The topological polar surface area (TPSA) is 22.1 Å². The quantitative estimate of drug-likeness (QED) is 0.437. The minimum absolute atomic E-state index is 0.858. The summed E-state index contributed by atoms with van der Waals surface area (Å²) in [6, 6.07) is 22.7. The van der Waals surface area contributed by atoms with Gasteiger partial charge in [0, 0.05) is 5.56 Å². The zero-order valence-corrected chi connectivity index (χ0v) is 14.7. The Bertz CT molecular complexity index is 926. The molecule has 0 N–H and O–H groups in total. The van der Waals surface area contributed by atoms with E-state index in [-0.39, 0.29) is 0 Å². The Morgan fingerprint density at radius 3 is 2.29 bits per heavy atom. The zero-order chi connectivity index (χ0) is 16.4. The van der Waals surface area contributed by atoms with Crippen molar-refractivity contribution in [2.45, 2.75) is 0 Å². The number of thiophene rings is 1. The number of methoxy groups -OCH3 is 1. The van der Waals surface area contributed by atoms with Gasteiger partial charge in [0.25, 0.3) is 0 Å². The molecule has 0 aliphatic rings. The van der Waals surface area contributed by atoms with Crippen LogP contribution in [0, 0.1) is 0 Å². The van der Waals surface area contributed by atoms with Crippen LogP contribution >= 0.6 is 22.7 Å². The van der Waals surface area contributed by atoms with Crippen LogP contribution in [0.5, 0.6) is 5.75 Å². The van der Waals surface area contributed by atoms with E-state index in [1.807, 2.05) is 18.2 Å². The molecule has 0 atom stereocenters. The summed E-state index contributed by atoms with van der Waals surface area (Å²) < 4.78 is 5.25. The highest BCUT2D eigenvalue weighted by Crippen LogP contribution is 2.41. The third-order valence-electron chi connectivity index (χ3n) is 3.75. The second-order valence-corrected chi connectivity index (χ2v) is 7.22. The molecule has 24 heavy (non-hydrogen) atoms. The van der Waals surface area contributed by atoms with Gasteiger partial charge in [-0.1, -0.05) is 36.4 Å². The Labute approximate surface area is 149 Å². The molecular formula is C20H15NOS2. The summed E-state index contributed by atoms with van der Waals surface area (Å²) in [6.45, 7) is 0. The average molecular weight is 349 g/mol. The molecule has 0 bridgehead atoms. The van der Waals surface area contributed by atoms with Gasteiger partial charge < -0.3 is 4.74 Å². The molecule has 4 rings (SSSR count). The molecule has 0 radical (unpaired) electrons. The van der Waals surface area contributed by atoms with Crippen LogP contribution in [0.4, 0.5) is 0 Å². The van der Waals surface area contributed by atoms with E-state index in [2.05, 4.69) is 53.9 Å². The zero-order valence-electron chi connectivity index (χ0n) is 13.1. The molecule has 0 saturated heterocycles. The lowest BCUT2D eigenvalue weighted by atomic mass is 10.1. The highest BCUT2D eigenvalue weighted by Gasteiger charge is 2.16. The number of nitrogens with zero attached hydrogens (tertiary/aromatic N) is 1. The predicted molar refractivity (Wildman–Crippen MR) is 103 cm³/mol. The van der Waals surface area contributed by atoms with Crippen molar-refractivity contribution in [2.75, 3.05) is 7.11 Å². The minimum Gasteiger partial charge on any atom is -0.497 e. The minimum atomic E-state index is 0.858. The lowest BCUT2D eigenvalue weighted by molar-refractivity contribution is 0.415. The number of rotatable bonds is 4. The molecule has 0 spiro atoms. The van der Waals surface area contributed by atoms with Crippen molar-refractivity contribution in [3.05, 3.63) is 72.1 Å². The molecule has 0 aliphatic heterocycles. The number of thiazole rings is 1. The maximum Gasteiger partial charge on any atom is 0.124 e. The van der Waals surface area contributed by atoms with Gasteiger partial charge in [0.05, 0.1) is 22.6 Å². The van der Waals surface area contributed by atoms with E-state index >= 15 is 0 Å². The predicted octanol–water partition coefficient (Wildman–Crippen LogP) is 6.21. The maximum atomic E-state index is 5.25. The van der Waals surface area contributed by atoms with E-state index in [4.69, 9.17) is 9.72 Å². The van der Waals surface area contributed by atoms with Gasteiger partial charge in [-0.25, -0.2) is 4.98 Å². The summed E-state index contributed by atoms with van der Waals surface area (Å²) in [4.78, 5) is 7.35. The number of aromatic nitrogens is 1. The fourth-order valence-electron chi connectivity index (χ4n) is 2.54. The number of hydrogen-bond acceptors (Lipinski definition) is 4. The average Bonchev–Trinajstić information content (AvgIpc) is 3.32. The second kappa shape index (κ2) is 6.59. The van der Waals surface area contributed by atoms with E-state index in [9.17, 15) is 0 Å². The Morgan fingerprint density at radius 1 is 0.833 bits per heavy atom. The van der Waals surface area contributed by atoms with Crippen LogP contribution in [0.2, 0.25) is 0 Å². The molecule has 118 valence electrons. The summed E-state index contributed by atoms with van der Waals surface area (Å²) in [5.41, 5.74) is 3.38. The van der Waals surface area contributed by atoms with Crippen LogP contribution < -0.4 is 4.74 Å². The molecule has 0 saturated carbocycles. The van der Waals surface area contributed by atoms with E-state index in [1.54, 1.807) is 29.8 Å². The van der Waals surface area contributed by atoms with Crippen molar-refractivity contribution < 1.29 is 4.74 Å². The Morgan fingerprint density at radius 2 is 1.62 bits per heavy atom. The Kier molecular flexibility index (Phi) is 4.15. The van der Waals surface area contributed by atoms with E-state index in [0.717, 1.165) is 22.0 Å². The van der Waals surface area contributed by atoms with Gasteiger partial charge in [-0.05, 0) is 41.3 Å². The summed E-state index contributed by atoms with van der Waals surface area (Å²) in [7, 11) is 1.68. The highest BCUT2D eigenvalue weighted by molar-refractivity contribution is 7.20. The van der Waals surface area contributed by atoms with Crippen LogP contribution in [0.1, 0.15) is 0 Å². The molecule has 0 fully saturated rings. The molecule has 4 heteroatoms. The highest BCUT2D eigenvalue weighted by atomic mass is 32.1. The van der Waals surface area contributed by atoms with Crippen LogP contribution in [-0.2, 0) is 0 Å². The van der Waals surface area contributed by atoms with E-state index < -0.39 is 0 Å². The van der Waals surface area contributed by atoms with Gasteiger partial charge in [0.1, 0.15) is 10.8 Å². The van der Waals surface area contributed by atoms with Crippen LogP contribution in [0.3, 0.4) is 0 Å². The SMILES string of the molecule is COc1ccc(-c2nc(-c3cccs3)c(-c3ccccc3)s2)cc1. The first-order chi connectivity index (χ1) is 11.8. The molecule has 0 unspecified atom stereocenters. The third-order valence-corrected chi connectivity index (χ3v) is 5.78. The molecule has 4 aromatic rings. The summed E-state index contributed by atoms with van der Waals surface area (Å²) in [6.07, 6.45) is 0. The number of benzene rings is 2. The number of hydrogen-bond donors (Lipinski definition) is 0. The van der Waals surface area contributed by atoms with Crippen molar-refractivity contribution in [1.29, 1.82) is 0 Å². The molecule has 0 amide bonds. The molecular weight excluding hydrogens is 334 g/mol. The number of ether oxygens (including phenoxy) is 1. The first kappa shape index (κ1) is 15.1. The molecule has 2 aromatic carbocycles. The monoisotopic (exact) mass is 349 g/mol. The molecule has 2 nitrogen and oxygen atoms in total. The standard InChI is InChI=1S/C20H15NOS2/c1-22-16-11-9-15(10-12-16)20-21-18(17-8-5-13-23-17)19(24-20)14-6-3-2-4-7-14/h2-13H,1H3. The van der Waals surface area contributed by atoms with Crippen LogP contribution in [0.15, 0.2) is 72.1 Å². The van der Waals surface area contributed by atoms with Gasteiger partial charge >= 0.3 is 0 Å². The lowest BCUT2D eigenvalue weighted by Gasteiger charge is -2.00. The van der Waals surface area contributed by atoms with Crippen molar-refractivity contribution in [3.63, 3.8) is 0 Å². The first-order valence-electron chi connectivity index (χ1n) is 7.60. The van der Waals surface area contributed by atoms with Gasteiger partial charge in [-0.3, -0.25) is 0 Å². The van der Waals surface area contributed by atoms with Gasteiger partial charge in [-0.2, -0.15) is 0 Å². The van der Waals surface area contributed by atoms with E-state index in [1.165, 1.54) is 15.3 Å². The lowest BCUT2D eigenvalue weighted by Crippen LogP contribution is -1.82. The molecule has 2 aromatic heterocycles. The summed E-state index contributed by atoms with van der Waals surface area (Å²) in [5.74, 6) is 0.858. The molecule has 2 heterocycles. The van der Waals surface area contributed by atoms with Crippen molar-refractivity contribution >= 4 is 22.7 Å². The summed E-state index contributed by atoms with van der Waals surface area (Å²) in [5, 5.41) is 3.12. The Hall–Kier alpha value is -2.43. The summed E-state index contributed by atoms with van der Waals surface area (Å²) >= 11 is 3.46. The van der Waals surface area contributed by atoms with Crippen molar-refractivity contribution in [2.24, 2.45) is 0 Å². The fourth-order valence-corrected chi connectivity index (χ4v) is 4.42. The smallest absolute Gasteiger partial charge is 0.124 e. The molecule has 0 aliphatic carbocycles. The second-order valence-electron chi connectivity index (χ2n) is 5.27. The fraction of sp³-hybridized carbons (Fsp3) is 0.0500. The van der Waals surface area contributed by atoms with Gasteiger partial charge in [0.15, 0.2) is 0 Å². The normalized spacial score (nSPS) is 10.7. The van der Waals surface area contributed by atoms with E-state index in [0.29, 0.717) is 0 Å². The first-order valence-corrected chi connectivity index (χ1v) is 9.29. The van der Waals surface area contributed by atoms with Gasteiger partial charge in [-0.15, -0.1) is 22.7 Å².